The average Bonchev–Trinajstić information content (AvgIpc) is 2.12. The van der Waals surface area contributed by atoms with Gasteiger partial charge in [-0.1, -0.05) is 18.6 Å². The van der Waals surface area contributed by atoms with Gasteiger partial charge in [-0.15, -0.1) is 0 Å². The van der Waals surface area contributed by atoms with Crippen LogP contribution in [0.25, 0.3) is 0 Å². The number of nitrogens with one attached hydrogen (secondary N) is 1. The smallest absolute Gasteiger partial charge is 0.242 e. The zero-order valence-corrected chi connectivity index (χ0v) is 9.13. The highest BCUT2D eigenvalue weighted by atomic mass is 32.2. The molecule has 3 N–H and O–H groups in total. The van der Waals surface area contributed by atoms with Crippen molar-refractivity contribution in [3.05, 3.63) is 24.3 Å². The molecule has 2 rings (SSSR count). The van der Waals surface area contributed by atoms with E-state index in [1.54, 1.807) is 18.2 Å². The zero-order valence-electron chi connectivity index (χ0n) is 8.31. The Morgan fingerprint density at radius 3 is 2.47 bits per heavy atom. The molecule has 1 aromatic rings. The van der Waals surface area contributed by atoms with E-state index in [-0.39, 0.29) is 10.9 Å². The van der Waals surface area contributed by atoms with Crippen LogP contribution < -0.4 is 10.5 Å². The van der Waals surface area contributed by atoms with E-state index < -0.39 is 10.0 Å². The van der Waals surface area contributed by atoms with Gasteiger partial charge in [-0.05, 0) is 25.0 Å². The van der Waals surface area contributed by atoms with Crippen molar-refractivity contribution in [1.29, 1.82) is 0 Å². The average molecular weight is 226 g/mol. The largest absolute Gasteiger partial charge is 0.398 e. The number of rotatable bonds is 3. The first-order valence-corrected chi connectivity index (χ1v) is 6.45. The highest BCUT2D eigenvalue weighted by Crippen LogP contribution is 2.23. The third-order valence-electron chi connectivity index (χ3n) is 2.64. The minimum Gasteiger partial charge on any atom is -0.398 e. The van der Waals surface area contributed by atoms with Gasteiger partial charge in [0.25, 0.3) is 0 Å². The fourth-order valence-corrected chi connectivity index (χ4v) is 2.97. The number of hydrogen-bond acceptors (Lipinski definition) is 3. The highest BCUT2D eigenvalue weighted by molar-refractivity contribution is 7.89. The molecule has 0 saturated heterocycles. The van der Waals surface area contributed by atoms with E-state index in [2.05, 4.69) is 4.72 Å². The Labute approximate surface area is 89.5 Å². The number of nitrogen functional groups attached to an aromatic ring is 1. The summed E-state index contributed by atoms with van der Waals surface area (Å²) in [6, 6.07) is 6.60. The number of nitrogens with two attached hydrogens (primary N) is 1. The SMILES string of the molecule is Nc1ccccc1S(=O)(=O)NC1CCC1. The topological polar surface area (TPSA) is 72.2 Å². The highest BCUT2D eigenvalue weighted by Gasteiger charge is 2.25. The molecule has 0 heterocycles. The Hall–Kier alpha value is -1.07. The van der Waals surface area contributed by atoms with Crippen molar-refractivity contribution in [3.8, 4) is 0 Å². The fourth-order valence-electron chi connectivity index (χ4n) is 1.53. The second kappa shape index (κ2) is 3.83. The lowest BCUT2D eigenvalue weighted by Gasteiger charge is -2.26. The minimum absolute atomic E-state index is 0.0922. The Morgan fingerprint density at radius 1 is 1.27 bits per heavy atom. The third-order valence-corrected chi connectivity index (χ3v) is 4.23. The Bertz CT molecular complexity index is 452. The molecule has 1 fully saturated rings. The lowest BCUT2D eigenvalue weighted by Crippen LogP contribution is -2.39. The molecule has 0 bridgehead atoms. The van der Waals surface area contributed by atoms with Crippen molar-refractivity contribution in [1.82, 2.24) is 4.72 Å². The first kappa shape index (κ1) is 10.4. The lowest BCUT2D eigenvalue weighted by molar-refractivity contribution is 0.383. The predicted molar refractivity (Wildman–Crippen MR) is 58.8 cm³/mol. The van der Waals surface area contributed by atoms with Gasteiger partial charge in [-0.2, -0.15) is 0 Å². The number of hydrogen-bond donors (Lipinski definition) is 2. The van der Waals surface area contributed by atoms with E-state index in [9.17, 15) is 8.42 Å². The van der Waals surface area contributed by atoms with E-state index in [0.717, 1.165) is 19.3 Å². The van der Waals surface area contributed by atoms with Gasteiger partial charge in [-0.3, -0.25) is 0 Å². The molecule has 0 amide bonds. The van der Waals surface area contributed by atoms with Gasteiger partial charge in [0.2, 0.25) is 10.0 Å². The number of sulfonamides is 1. The standard InChI is InChI=1S/C10H14N2O2S/c11-9-6-1-2-7-10(9)15(13,14)12-8-4-3-5-8/h1-2,6-8,12H,3-5,11H2. The van der Waals surface area contributed by atoms with E-state index in [1.165, 1.54) is 6.07 Å². The predicted octanol–water partition coefficient (Wildman–Crippen LogP) is 1.10. The van der Waals surface area contributed by atoms with Crippen molar-refractivity contribution < 1.29 is 8.42 Å². The maximum Gasteiger partial charge on any atom is 0.242 e. The van der Waals surface area contributed by atoms with Crippen molar-refractivity contribution in [3.63, 3.8) is 0 Å². The molecule has 82 valence electrons. The van der Waals surface area contributed by atoms with Gasteiger partial charge in [-0.25, -0.2) is 13.1 Å². The maximum absolute atomic E-state index is 11.9. The molecule has 0 unspecified atom stereocenters. The van der Waals surface area contributed by atoms with E-state index in [0.29, 0.717) is 5.69 Å². The van der Waals surface area contributed by atoms with Crippen molar-refractivity contribution in [2.75, 3.05) is 5.73 Å². The van der Waals surface area contributed by atoms with E-state index >= 15 is 0 Å². The Morgan fingerprint density at radius 2 is 1.93 bits per heavy atom. The number of anilines is 1. The molecular formula is C10H14N2O2S. The van der Waals surface area contributed by atoms with Crippen LogP contribution in [0.2, 0.25) is 0 Å². The van der Waals surface area contributed by atoms with Crippen LogP contribution >= 0.6 is 0 Å². The number of benzene rings is 1. The molecule has 0 aliphatic heterocycles. The van der Waals surface area contributed by atoms with Crippen LogP contribution in [0.1, 0.15) is 19.3 Å². The molecule has 15 heavy (non-hydrogen) atoms. The quantitative estimate of drug-likeness (QED) is 0.758. The van der Waals surface area contributed by atoms with Gasteiger partial charge in [0.1, 0.15) is 4.90 Å². The molecule has 0 atom stereocenters. The maximum atomic E-state index is 11.9. The molecule has 1 saturated carbocycles. The van der Waals surface area contributed by atoms with Crippen LogP contribution in [0.15, 0.2) is 29.2 Å². The van der Waals surface area contributed by atoms with Gasteiger partial charge < -0.3 is 5.73 Å². The first-order chi connectivity index (χ1) is 7.09. The summed E-state index contributed by atoms with van der Waals surface area (Å²) in [5.41, 5.74) is 5.92. The second-order valence-corrected chi connectivity index (χ2v) is 5.47. The van der Waals surface area contributed by atoms with Crippen molar-refractivity contribution in [2.45, 2.75) is 30.2 Å². The van der Waals surface area contributed by atoms with Gasteiger partial charge in [0.15, 0.2) is 0 Å². The van der Waals surface area contributed by atoms with Crippen LogP contribution in [0.3, 0.4) is 0 Å². The van der Waals surface area contributed by atoms with Crippen LogP contribution in [0.5, 0.6) is 0 Å². The monoisotopic (exact) mass is 226 g/mol. The summed E-state index contributed by atoms with van der Waals surface area (Å²) in [7, 11) is -3.43. The van der Waals surface area contributed by atoms with Crippen LogP contribution in [-0.2, 0) is 10.0 Å². The van der Waals surface area contributed by atoms with E-state index in [1.807, 2.05) is 0 Å². The molecule has 0 radical (unpaired) electrons. The zero-order chi connectivity index (χ0) is 10.9. The van der Waals surface area contributed by atoms with Crippen LogP contribution in [0.4, 0.5) is 5.69 Å². The summed E-state index contributed by atoms with van der Waals surface area (Å²) in [5, 5.41) is 0. The van der Waals surface area contributed by atoms with Gasteiger partial charge in [0, 0.05) is 6.04 Å². The molecule has 5 heteroatoms. The van der Waals surface area contributed by atoms with Gasteiger partial charge in [0.05, 0.1) is 5.69 Å². The number of para-hydroxylation sites is 1. The van der Waals surface area contributed by atoms with Crippen molar-refractivity contribution in [2.24, 2.45) is 0 Å². The Kier molecular flexibility index (Phi) is 2.67. The van der Waals surface area contributed by atoms with E-state index in [4.69, 9.17) is 5.73 Å². The summed E-state index contributed by atoms with van der Waals surface area (Å²) in [6.45, 7) is 0. The molecule has 1 aliphatic carbocycles. The molecule has 1 aromatic carbocycles. The van der Waals surface area contributed by atoms with Crippen molar-refractivity contribution >= 4 is 15.7 Å². The molecule has 4 nitrogen and oxygen atoms in total. The Balaban J connectivity index is 2.24. The fraction of sp³-hybridized carbons (Fsp3) is 0.400. The summed E-state index contributed by atoms with van der Waals surface area (Å²) in [5.74, 6) is 0. The summed E-state index contributed by atoms with van der Waals surface area (Å²) in [4.78, 5) is 0.178. The molecule has 0 aromatic heterocycles. The second-order valence-electron chi connectivity index (χ2n) is 3.79. The third kappa shape index (κ3) is 2.13. The first-order valence-electron chi connectivity index (χ1n) is 4.96. The molecular weight excluding hydrogens is 212 g/mol. The summed E-state index contributed by atoms with van der Waals surface area (Å²) in [6.07, 6.45) is 2.94. The molecule has 0 spiro atoms. The van der Waals surface area contributed by atoms with Gasteiger partial charge >= 0.3 is 0 Å². The summed E-state index contributed by atoms with van der Waals surface area (Å²) < 4.78 is 26.4. The normalized spacial score (nSPS) is 17.3. The minimum atomic E-state index is -3.43. The van der Waals surface area contributed by atoms with Crippen LogP contribution in [-0.4, -0.2) is 14.5 Å². The molecule has 1 aliphatic rings. The lowest BCUT2D eigenvalue weighted by atomic mass is 9.94. The summed E-state index contributed by atoms with van der Waals surface area (Å²) >= 11 is 0. The van der Waals surface area contributed by atoms with Crippen LogP contribution in [0, 0.1) is 0 Å².